The van der Waals surface area contributed by atoms with Gasteiger partial charge in [0, 0.05) is 28.4 Å². The maximum absolute atomic E-state index is 12.5. The molecule has 116 valence electrons. The highest BCUT2D eigenvalue weighted by atomic mass is 31.2. The van der Waals surface area contributed by atoms with Gasteiger partial charge in [-0.3, -0.25) is 9.13 Å². The zero-order valence-corrected chi connectivity index (χ0v) is 13.5. The molecular weight excluding hydrogens is 296 g/mol. The molecule has 3 N–H and O–H groups in total. The van der Waals surface area contributed by atoms with Gasteiger partial charge in [0.15, 0.2) is 0 Å². The summed E-state index contributed by atoms with van der Waals surface area (Å²) in [6.07, 6.45) is 0.756. The van der Waals surface area contributed by atoms with Gasteiger partial charge in [0.05, 0.1) is 0 Å². The highest BCUT2D eigenvalue weighted by Gasteiger charge is 2.63. The maximum atomic E-state index is 12.5. The average molecular weight is 319 g/mol. The van der Waals surface area contributed by atoms with Crippen molar-refractivity contribution in [2.24, 2.45) is 5.73 Å². The summed E-state index contributed by atoms with van der Waals surface area (Å²) in [6, 6.07) is 0. The summed E-state index contributed by atoms with van der Waals surface area (Å²) in [5.41, 5.74) is 5.36. The highest BCUT2D eigenvalue weighted by Crippen LogP contribution is 2.77. The van der Waals surface area contributed by atoms with E-state index in [9.17, 15) is 14.2 Å². The Morgan fingerprint density at radius 1 is 0.947 bits per heavy atom. The molecule has 0 rings (SSSR count). The molecule has 0 aromatic carbocycles. The van der Waals surface area contributed by atoms with Crippen LogP contribution in [0.2, 0.25) is 0 Å². The average Bonchev–Trinajstić information content (AvgIpc) is 2.45. The van der Waals surface area contributed by atoms with Gasteiger partial charge in [-0.15, -0.1) is 0 Å². The minimum atomic E-state index is -4.10. The molecule has 0 aromatic heterocycles. The quantitative estimate of drug-likeness (QED) is 0.462. The molecule has 0 heterocycles. The molecule has 0 aliphatic rings. The summed E-state index contributed by atoms with van der Waals surface area (Å²) < 4.78 is 44.0. The molecule has 10 heteroatoms. The summed E-state index contributed by atoms with van der Waals surface area (Å²) in [5.74, 6) is 0. The first-order valence-electron chi connectivity index (χ1n) is 5.66. The van der Waals surface area contributed by atoms with Crippen molar-refractivity contribution in [3.05, 3.63) is 0 Å². The SMILES string of the molecule is COP(=O)(OC)C(O)(CCCCN)P(=O)(OC)OC. The Balaban J connectivity index is 5.59. The Morgan fingerprint density at radius 2 is 1.32 bits per heavy atom. The van der Waals surface area contributed by atoms with E-state index in [1.54, 1.807) is 0 Å². The van der Waals surface area contributed by atoms with Gasteiger partial charge in [0.1, 0.15) is 0 Å². The topological polar surface area (TPSA) is 117 Å². The predicted octanol–water partition coefficient (Wildman–Crippen LogP) is 1.73. The van der Waals surface area contributed by atoms with E-state index in [1.807, 2.05) is 0 Å². The fourth-order valence-electron chi connectivity index (χ4n) is 1.66. The lowest BCUT2D eigenvalue weighted by molar-refractivity contribution is 0.0953. The molecule has 8 nitrogen and oxygen atoms in total. The van der Waals surface area contributed by atoms with Gasteiger partial charge in [0.25, 0.3) is 5.08 Å². The van der Waals surface area contributed by atoms with Crippen LogP contribution in [0.3, 0.4) is 0 Å². The third-order valence-electron chi connectivity index (χ3n) is 2.80. The first-order valence-corrected chi connectivity index (χ1v) is 8.75. The van der Waals surface area contributed by atoms with E-state index >= 15 is 0 Å². The van der Waals surface area contributed by atoms with Crippen molar-refractivity contribution in [1.29, 1.82) is 0 Å². The van der Waals surface area contributed by atoms with Gasteiger partial charge >= 0.3 is 15.2 Å². The molecule has 0 unspecified atom stereocenters. The van der Waals surface area contributed by atoms with Gasteiger partial charge in [-0.2, -0.15) is 0 Å². The minimum absolute atomic E-state index is 0.151. The molecule has 0 aromatic rings. The largest absolute Gasteiger partial charge is 0.374 e. The Hall–Kier alpha value is 0.220. The van der Waals surface area contributed by atoms with E-state index in [2.05, 4.69) is 0 Å². The monoisotopic (exact) mass is 319 g/mol. The Morgan fingerprint density at radius 3 is 1.58 bits per heavy atom. The number of unbranched alkanes of at least 4 members (excludes halogenated alkanes) is 1. The van der Waals surface area contributed by atoms with Crippen molar-refractivity contribution in [3.63, 3.8) is 0 Å². The normalized spacial score (nSPS) is 13.8. The number of hydrogen-bond acceptors (Lipinski definition) is 8. The van der Waals surface area contributed by atoms with Crippen LogP contribution in [-0.4, -0.2) is 45.2 Å². The third kappa shape index (κ3) is 3.65. The van der Waals surface area contributed by atoms with Crippen LogP contribution in [0, 0.1) is 0 Å². The van der Waals surface area contributed by atoms with E-state index in [-0.39, 0.29) is 6.42 Å². The van der Waals surface area contributed by atoms with Gasteiger partial charge in [-0.05, 0) is 25.8 Å². The van der Waals surface area contributed by atoms with E-state index in [0.29, 0.717) is 19.4 Å². The highest BCUT2D eigenvalue weighted by molar-refractivity contribution is 7.73. The fraction of sp³-hybridized carbons (Fsp3) is 1.00. The van der Waals surface area contributed by atoms with E-state index < -0.39 is 20.3 Å². The molecule has 0 spiro atoms. The lowest BCUT2D eigenvalue weighted by Crippen LogP contribution is -2.31. The molecule has 0 bridgehead atoms. The summed E-state index contributed by atoms with van der Waals surface area (Å²) in [7, 11) is -3.83. The Labute approximate surface area is 113 Å². The van der Waals surface area contributed by atoms with E-state index in [4.69, 9.17) is 23.8 Å². The second-order valence-electron chi connectivity index (χ2n) is 3.75. The van der Waals surface area contributed by atoms with Crippen molar-refractivity contribution < 1.29 is 32.3 Å². The van der Waals surface area contributed by atoms with Crippen LogP contribution in [0.25, 0.3) is 0 Å². The zero-order chi connectivity index (χ0) is 15.2. The van der Waals surface area contributed by atoms with Crippen molar-refractivity contribution >= 4 is 15.2 Å². The van der Waals surface area contributed by atoms with Gasteiger partial charge in [-0.25, -0.2) is 0 Å². The Bertz CT molecular complexity index is 320. The van der Waals surface area contributed by atoms with E-state index in [1.165, 1.54) is 0 Å². The van der Waals surface area contributed by atoms with Crippen LogP contribution in [0.5, 0.6) is 0 Å². The van der Waals surface area contributed by atoms with Crippen LogP contribution in [0.15, 0.2) is 0 Å². The van der Waals surface area contributed by atoms with Crippen molar-refractivity contribution in [3.8, 4) is 0 Å². The first-order chi connectivity index (χ1) is 8.80. The first kappa shape index (κ1) is 19.2. The molecule has 0 saturated carbocycles. The summed E-state index contributed by atoms with van der Waals surface area (Å²) in [4.78, 5) is 0. The molecule has 0 aliphatic carbocycles. The Kier molecular flexibility index (Phi) is 7.95. The fourth-order valence-corrected chi connectivity index (χ4v) is 6.18. The van der Waals surface area contributed by atoms with Gasteiger partial charge < -0.3 is 28.9 Å². The summed E-state index contributed by atoms with van der Waals surface area (Å²) in [5, 5.41) is 8.24. The third-order valence-corrected chi connectivity index (χ3v) is 8.40. The molecule has 0 amide bonds. The summed E-state index contributed by atoms with van der Waals surface area (Å²) >= 11 is 0. The number of nitrogens with two attached hydrogens (primary N) is 1. The zero-order valence-electron chi connectivity index (χ0n) is 11.7. The van der Waals surface area contributed by atoms with Crippen LogP contribution in [0.1, 0.15) is 19.3 Å². The molecule has 19 heavy (non-hydrogen) atoms. The van der Waals surface area contributed by atoms with Crippen LogP contribution in [-0.2, 0) is 27.2 Å². The molecular formula is C9H23NO7P2. The summed E-state index contributed by atoms with van der Waals surface area (Å²) in [6.45, 7) is 0.380. The number of hydrogen-bond donors (Lipinski definition) is 2. The van der Waals surface area contributed by atoms with E-state index in [0.717, 1.165) is 28.4 Å². The molecule has 0 fully saturated rings. The van der Waals surface area contributed by atoms with Crippen LogP contribution >= 0.6 is 15.2 Å². The van der Waals surface area contributed by atoms with Crippen molar-refractivity contribution in [1.82, 2.24) is 0 Å². The van der Waals surface area contributed by atoms with Gasteiger partial charge in [0.2, 0.25) is 0 Å². The van der Waals surface area contributed by atoms with Gasteiger partial charge in [-0.1, -0.05) is 0 Å². The second-order valence-corrected chi connectivity index (χ2v) is 9.03. The number of rotatable bonds is 10. The molecule has 0 aliphatic heterocycles. The van der Waals surface area contributed by atoms with Crippen molar-refractivity contribution in [2.45, 2.75) is 24.3 Å². The lowest BCUT2D eigenvalue weighted by Gasteiger charge is -2.36. The second kappa shape index (κ2) is 7.86. The smallest absolute Gasteiger partial charge is 0.368 e. The molecule has 0 saturated heterocycles. The number of aliphatic hydroxyl groups is 1. The maximum Gasteiger partial charge on any atom is 0.374 e. The molecule has 0 atom stereocenters. The predicted molar refractivity (Wildman–Crippen MR) is 71.1 cm³/mol. The lowest BCUT2D eigenvalue weighted by atomic mass is 10.2. The van der Waals surface area contributed by atoms with Crippen molar-refractivity contribution in [2.75, 3.05) is 35.0 Å². The molecule has 0 radical (unpaired) electrons. The standard InChI is InChI=1S/C9H23NO7P2/c1-14-18(12,15-2)9(11,7-5-6-8-10)19(13,16-3)17-4/h11H,5-8,10H2,1-4H3. The van der Waals surface area contributed by atoms with Crippen LogP contribution < -0.4 is 5.73 Å². The minimum Gasteiger partial charge on any atom is -0.368 e. The van der Waals surface area contributed by atoms with Crippen LogP contribution in [0.4, 0.5) is 0 Å².